The van der Waals surface area contributed by atoms with Crippen LogP contribution >= 0.6 is 0 Å². The van der Waals surface area contributed by atoms with Crippen LogP contribution in [0.3, 0.4) is 0 Å². The molecule has 14 unspecified atom stereocenters. The molecule has 0 aliphatic carbocycles. The van der Waals surface area contributed by atoms with E-state index in [0.29, 0.717) is 19.3 Å². The molecule has 2 saturated heterocycles. The second-order valence-corrected chi connectivity index (χ2v) is 25.7. The summed E-state index contributed by atoms with van der Waals surface area (Å²) in [6, 6.07) is -15.3. The van der Waals surface area contributed by atoms with E-state index in [4.69, 9.17) is 15.2 Å². The van der Waals surface area contributed by atoms with Crippen LogP contribution in [0.2, 0.25) is 0 Å². The monoisotopic (exact) mass is 1260 g/mol. The Bertz CT molecular complexity index is 2500. The van der Waals surface area contributed by atoms with Gasteiger partial charge in [-0.3, -0.25) is 57.5 Å². The zero-order valence-corrected chi connectivity index (χ0v) is 56.1. The zero-order chi connectivity index (χ0) is 67.9. The van der Waals surface area contributed by atoms with Gasteiger partial charge in [0, 0.05) is 19.7 Å². The first-order valence-electron chi connectivity index (χ1n) is 31.6. The van der Waals surface area contributed by atoms with Crippen LogP contribution in [-0.2, 0) is 67.0 Å². The van der Waals surface area contributed by atoms with E-state index in [-0.39, 0.29) is 62.2 Å². The molecule has 504 valence electrons. The molecule has 0 aromatic heterocycles. The minimum atomic E-state index is -1.49. The lowest BCUT2D eigenvalue weighted by molar-refractivity contribution is -0.147. The highest BCUT2D eigenvalue weighted by Gasteiger charge is 2.43. The summed E-state index contributed by atoms with van der Waals surface area (Å²) in [6.07, 6.45) is 3.63. The van der Waals surface area contributed by atoms with E-state index in [0.717, 1.165) is 4.90 Å². The number of unbranched alkanes of at least 4 members (excludes halogenated alkanes) is 1. The molecule has 11 N–H and O–H groups in total. The fourth-order valence-corrected chi connectivity index (χ4v) is 10.3. The number of allylic oxidation sites excluding steroid dienone is 2. The molecule has 0 spiro atoms. The molecule has 0 aromatic carbocycles. The quantitative estimate of drug-likeness (QED) is 0.0470. The summed E-state index contributed by atoms with van der Waals surface area (Å²) >= 11 is 0. The number of rotatable bonds is 20. The first-order chi connectivity index (χ1) is 41.5. The van der Waals surface area contributed by atoms with Crippen LogP contribution < -0.4 is 53.6 Å². The van der Waals surface area contributed by atoms with E-state index in [1.54, 1.807) is 69.2 Å². The van der Waals surface area contributed by atoms with Crippen LogP contribution in [0.4, 0.5) is 0 Å². The van der Waals surface area contributed by atoms with Gasteiger partial charge in [0.2, 0.25) is 65.0 Å². The highest BCUT2D eigenvalue weighted by atomic mass is 16.5. The van der Waals surface area contributed by atoms with Gasteiger partial charge < -0.3 is 72.9 Å². The van der Waals surface area contributed by atoms with Crippen LogP contribution in [0.1, 0.15) is 163 Å². The number of nitrogens with zero attached hydrogens (tertiary/aromatic N) is 2. The van der Waals surface area contributed by atoms with Crippen molar-refractivity contribution in [2.45, 2.75) is 241 Å². The van der Waals surface area contributed by atoms with Crippen molar-refractivity contribution in [2.75, 3.05) is 26.8 Å². The first-order valence-corrected chi connectivity index (χ1v) is 31.6. The van der Waals surface area contributed by atoms with Crippen LogP contribution in [-0.4, -0.2) is 186 Å². The van der Waals surface area contributed by atoms with Gasteiger partial charge in [0.05, 0.1) is 19.3 Å². The Morgan fingerprint density at radius 1 is 0.640 bits per heavy atom. The van der Waals surface area contributed by atoms with Gasteiger partial charge in [-0.05, 0) is 121 Å². The topological polar surface area (TPSA) is 364 Å². The van der Waals surface area contributed by atoms with Gasteiger partial charge in [-0.15, -0.1) is 0 Å². The lowest BCUT2D eigenvalue weighted by atomic mass is 9.91. The van der Waals surface area contributed by atoms with Crippen molar-refractivity contribution in [1.82, 2.24) is 57.7 Å². The molecule has 26 heteroatoms. The normalized spacial score (nSPS) is 27.1. The van der Waals surface area contributed by atoms with Gasteiger partial charge in [0.25, 0.3) is 0 Å². The van der Waals surface area contributed by atoms with Crippen LogP contribution in [0.25, 0.3) is 0 Å². The maximum atomic E-state index is 14.9. The van der Waals surface area contributed by atoms with Crippen molar-refractivity contribution in [3.05, 3.63) is 24.3 Å². The van der Waals surface area contributed by atoms with Gasteiger partial charge in [0.15, 0.2) is 0 Å². The third-order valence-electron chi connectivity index (χ3n) is 16.1. The third-order valence-corrected chi connectivity index (χ3v) is 16.1. The Hall–Kier alpha value is -6.96. The molecule has 0 radical (unpaired) electrons. The number of nitrogens with one attached hydrogen (secondary N) is 9. The largest absolute Gasteiger partial charge is 0.465 e. The van der Waals surface area contributed by atoms with Gasteiger partial charge in [0.1, 0.15) is 66.5 Å². The zero-order valence-electron chi connectivity index (χ0n) is 56.1. The number of carbonyl (C=O) groups excluding carboxylic acids is 12. The number of fused-ring (bicyclic) bond motifs is 3. The number of carbonyl (C=O) groups is 12. The van der Waals surface area contributed by atoms with Crippen LogP contribution in [0.15, 0.2) is 24.3 Å². The summed E-state index contributed by atoms with van der Waals surface area (Å²) < 4.78 is 11.5. The third kappa shape index (κ3) is 24.1. The van der Waals surface area contributed by atoms with Gasteiger partial charge in [-0.1, -0.05) is 102 Å². The molecule has 89 heavy (non-hydrogen) atoms. The number of likely N-dealkylation sites (N-methyl/N-ethyl adjacent to an activating group) is 1. The average molecular weight is 1260 g/mol. The SMILES string of the molecule is C=C(C(C)CC=CC)C1NC(=O)C(C(C)C)NC(=O)C2CC(C)N(C(=O)C(C)NC(=O)C(CC(C)C)NC(=O)C(C(C)C)NC(=O)C(C(C)OCCCCOC(=O)C(N)C(C)C)N(C)C(=O)CNC(=O)C(CC)NC1=O)C(C)C(=O)NC(CC(C)C)C(=O)N2. The number of amides is 11. The Morgan fingerprint density at radius 3 is 1.69 bits per heavy atom. The van der Waals surface area contributed by atoms with Crippen molar-refractivity contribution < 1.29 is 67.0 Å². The van der Waals surface area contributed by atoms with E-state index in [9.17, 15) is 57.5 Å². The minimum Gasteiger partial charge on any atom is -0.465 e. The molecule has 2 aliphatic rings. The van der Waals surface area contributed by atoms with Crippen molar-refractivity contribution in [3.63, 3.8) is 0 Å². The highest BCUT2D eigenvalue weighted by molar-refractivity contribution is 6.00. The number of hydrogen-bond donors (Lipinski definition) is 10. The van der Waals surface area contributed by atoms with Crippen molar-refractivity contribution in [2.24, 2.45) is 41.2 Å². The minimum absolute atomic E-state index is 0.000520. The molecule has 2 fully saturated rings. The fourth-order valence-electron chi connectivity index (χ4n) is 10.3. The van der Waals surface area contributed by atoms with Crippen molar-refractivity contribution in [1.29, 1.82) is 0 Å². The Labute approximate surface area is 527 Å². The Balaban J connectivity index is 2.90. The molecular weight excluding hydrogens is 1150 g/mol. The molecular formula is C63H108N12O14. The van der Waals surface area contributed by atoms with Crippen LogP contribution in [0, 0.1) is 35.5 Å². The Kier molecular flexibility index (Phi) is 32.7. The van der Waals surface area contributed by atoms with Crippen molar-refractivity contribution >= 4 is 70.9 Å². The standard InChI is InChI=1S/C63H108N12O14/c1-20-22-25-37(13)39(15)51-60(84)67-43(21-2)54(78)65-31-47(76)74(19)52(42(18)88-26-23-24-27-89-63(87)48(64)34(7)8)61(85)72-49(35(9)10)58(82)70-44(28-32(3)4)55(79)66-40(16)62(86)75-38(14)30-46(57(81)71-50(36(11)12)59(83)73-51)69-56(80)45(29-33(5)6)68-53(77)41(75)17/h20,22,32-38,40-46,48-52H,15,21,23-31,64H2,1-14,16-19H3,(H,65,78)(H,66,79)(H,67,84)(H,68,77)(H,69,80)(H,70,82)(H,71,81)(H,72,85)(H,73,83). The number of nitrogens with two attached hydrogens (primary N) is 1. The molecule has 2 bridgehead atoms. The predicted octanol–water partition coefficient (Wildman–Crippen LogP) is 1.54. The molecule has 2 rings (SSSR count). The lowest BCUT2D eigenvalue weighted by Crippen LogP contribution is -2.65. The predicted molar refractivity (Wildman–Crippen MR) is 336 cm³/mol. The maximum absolute atomic E-state index is 14.9. The summed E-state index contributed by atoms with van der Waals surface area (Å²) in [4.78, 5) is 174. The summed E-state index contributed by atoms with van der Waals surface area (Å²) in [7, 11) is 1.31. The molecule has 11 amide bonds. The second-order valence-electron chi connectivity index (χ2n) is 25.7. The van der Waals surface area contributed by atoms with E-state index in [1.807, 2.05) is 46.8 Å². The highest BCUT2D eigenvalue weighted by Crippen LogP contribution is 2.22. The number of hydrogen-bond acceptors (Lipinski definition) is 15. The van der Waals surface area contributed by atoms with E-state index in [2.05, 4.69) is 54.4 Å². The lowest BCUT2D eigenvalue weighted by Gasteiger charge is -2.39. The smallest absolute Gasteiger partial charge is 0.323 e. The van der Waals surface area contributed by atoms with E-state index >= 15 is 0 Å². The van der Waals surface area contributed by atoms with E-state index < -0.39 is 174 Å². The molecule has 2 aliphatic heterocycles. The molecule has 26 nitrogen and oxygen atoms in total. The first kappa shape index (κ1) is 78.1. The average Bonchev–Trinajstić information content (AvgIpc) is 3.14. The van der Waals surface area contributed by atoms with Gasteiger partial charge in [-0.25, -0.2) is 0 Å². The molecule has 0 aromatic rings. The molecule has 2 heterocycles. The summed E-state index contributed by atoms with van der Waals surface area (Å²) in [5.74, 6) is -11.3. The van der Waals surface area contributed by atoms with Gasteiger partial charge in [-0.2, -0.15) is 0 Å². The molecule has 0 saturated carbocycles. The summed E-state index contributed by atoms with van der Waals surface area (Å²) in [6.45, 7) is 32.3. The van der Waals surface area contributed by atoms with Crippen LogP contribution in [0.5, 0.6) is 0 Å². The second kappa shape index (κ2) is 37.3. The number of ether oxygens (including phenoxy) is 2. The maximum Gasteiger partial charge on any atom is 0.323 e. The van der Waals surface area contributed by atoms with Gasteiger partial charge >= 0.3 is 5.97 Å². The van der Waals surface area contributed by atoms with E-state index in [1.165, 1.54) is 25.8 Å². The number of esters is 1. The Morgan fingerprint density at radius 2 is 1.16 bits per heavy atom. The molecule has 14 atom stereocenters. The fraction of sp³-hybridized carbons (Fsp3) is 0.746. The summed E-state index contributed by atoms with van der Waals surface area (Å²) in [5, 5.41) is 24.5. The summed E-state index contributed by atoms with van der Waals surface area (Å²) in [5.41, 5.74) is 6.18. The van der Waals surface area contributed by atoms with Crippen molar-refractivity contribution in [3.8, 4) is 0 Å².